The lowest BCUT2D eigenvalue weighted by Crippen LogP contribution is -1.99. The molecule has 0 saturated carbocycles. The van der Waals surface area contributed by atoms with Gasteiger partial charge in [-0.25, -0.2) is 0 Å². The third kappa shape index (κ3) is 1.79. The van der Waals surface area contributed by atoms with E-state index in [-0.39, 0.29) is 0 Å². The minimum absolute atomic E-state index is 0.435. The molecular formula is C12H14N2O2. The summed E-state index contributed by atoms with van der Waals surface area (Å²) in [5.74, 6) is 1.38. The standard InChI is InChI=1S/C12H14N2O2/c1-15-11-5-8-3-4-9(7-13)14-10(8)6-12(11)16-2/h3-6H,7,13H2,1-2H3. The van der Waals surface area contributed by atoms with E-state index in [1.165, 1.54) is 0 Å². The zero-order valence-electron chi connectivity index (χ0n) is 9.36. The summed E-state index contributed by atoms with van der Waals surface area (Å²) in [6.07, 6.45) is 0. The molecule has 4 heteroatoms. The van der Waals surface area contributed by atoms with Crippen LogP contribution in [0.3, 0.4) is 0 Å². The van der Waals surface area contributed by atoms with Crippen LogP contribution in [0.2, 0.25) is 0 Å². The molecule has 0 aliphatic heterocycles. The summed E-state index contributed by atoms with van der Waals surface area (Å²) in [7, 11) is 3.22. The first kappa shape index (κ1) is 10.7. The fourth-order valence-electron chi connectivity index (χ4n) is 1.61. The maximum Gasteiger partial charge on any atom is 0.162 e. The van der Waals surface area contributed by atoms with Crippen molar-refractivity contribution < 1.29 is 9.47 Å². The van der Waals surface area contributed by atoms with Crippen molar-refractivity contribution in [3.63, 3.8) is 0 Å². The summed E-state index contributed by atoms with van der Waals surface area (Å²) < 4.78 is 10.4. The Morgan fingerprint density at radius 1 is 1.12 bits per heavy atom. The average molecular weight is 218 g/mol. The minimum Gasteiger partial charge on any atom is -0.493 e. The molecule has 1 aromatic heterocycles. The fraction of sp³-hybridized carbons (Fsp3) is 0.250. The summed E-state index contributed by atoms with van der Waals surface area (Å²) >= 11 is 0. The first-order chi connectivity index (χ1) is 7.78. The van der Waals surface area contributed by atoms with Crippen LogP contribution in [0.4, 0.5) is 0 Å². The van der Waals surface area contributed by atoms with Crippen molar-refractivity contribution in [1.82, 2.24) is 4.98 Å². The highest BCUT2D eigenvalue weighted by Gasteiger charge is 2.06. The quantitative estimate of drug-likeness (QED) is 0.852. The number of aromatic nitrogens is 1. The Labute approximate surface area is 94.0 Å². The highest BCUT2D eigenvalue weighted by atomic mass is 16.5. The largest absolute Gasteiger partial charge is 0.493 e. The number of ether oxygens (including phenoxy) is 2. The topological polar surface area (TPSA) is 57.4 Å². The second-order valence-electron chi connectivity index (χ2n) is 3.41. The summed E-state index contributed by atoms with van der Waals surface area (Å²) in [5.41, 5.74) is 7.27. The van der Waals surface area contributed by atoms with E-state index in [9.17, 15) is 0 Å². The molecule has 16 heavy (non-hydrogen) atoms. The number of nitrogens with zero attached hydrogens (tertiary/aromatic N) is 1. The van der Waals surface area contributed by atoms with Gasteiger partial charge in [-0.3, -0.25) is 4.98 Å². The summed E-state index contributed by atoms with van der Waals surface area (Å²) in [5, 5.41) is 1.01. The van der Waals surface area contributed by atoms with E-state index in [4.69, 9.17) is 15.2 Å². The van der Waals surface area contributed by atoms with Crippen molar-refractivity contribution in [1.29, 1.82) is 0 Å². The molecule has 0 bridgehead atoms. The van der Waals surface area contributed by atoms with Crippen LogP contribution in [0.5, 0.6) is 11.5 Å². The SMILES string of the molecule is COc1cc2ccc(CN)nc2cc1OC. The van der Waals surface area contributed by atoms with Crippen molar-refractivity contribution in [2.45, 2.75) is 6.54 Å². The van der Waals surface area contributed by atoms with Crippen molar-refractivity contribution in [2.75, 3.05) is 14.2 Å². The van der Waals surface area contributed by atoms with Gasteiger partial charge in [0.15, 0.2) is 11.5 Å². The van der Waals surface area contributed by atoms with Crippen molar-refractivity contribution in [3.05, 3.63) is 30.0 Å². The summed E-state index contributed by atoms with van der Waals surface area (Å²) in [6, 6.07) is 7.65. The van der Waals surface area contributed by atoms with Crippen molar-refractivity contribution in [3.8, 4) is 11.5 Å². The predicted molar refractivity (Wildman–Crippen MR) is 62.7 cm³/mol. The maximum atomic E-state index is 5.55. The summed E-state index contributed by atoms with van der Waals surface area (Å²) in [4.78, 5) is 4.42. The number of rotatable bonds is 3. The van der Waals surface area contributed by atoms with Crippen LogP contribution >= 0.6 is 0 Å². The van der Waals surface area contributed by atoms with E-state index in [1.807, 2.05) is 24.3 Å². The fourth-order valence-corrected chi connectivity index (χ4v) is 1.61. The van der Waals surface area contributed by atoms with Crippen molar-refractivity contribution >= 4 is 10.9 Å². The molecule has 2 aromatic rings. The zero-order valence-corrected chi connectivity index (χ0v) is 9.36. The van der Waals surface area contributed by atoms with Gasteiger partial charge in [0.2, 0.25) is 0 Å². The molecule has 2 rings (SSSR count). The Morgan fingerprint density at radius 2 is 1.81 bits per heavy atom. The maximum absolute atomic E-state index is 5.55. The first-order valence-corrected chi connectivity index (χ1v) is 5.00. The van der Waals surface area contributed by atoms with Crippen LogP contribution < -0.4 is 15.2 Å². The Kier molecular flexibility index (Phi) is 2.92. The van der Waals surface area contributed by atoms with Crippen LogP contribution in [-0.4, -0.2) is 19.2 Å². The zero-order chi connectivity index (χ0) is 11.5. The second-order valence-corrected chi connectivity index (χ2v) is 3.41. The molecule has 0 atom stereocenters. The molecule has 84 valence electrons. The molecule has 1 heterocycles. The lowest BCUT2D eigenvalue weighted by Gasteiger charge is -2.09. The van der Waals surface area contributed by atoms with E-state index in [1.54, 1.807) is 14.2 Å². The third-order valence-corrected chi connectivity index (χ3v) is 2.46. The molecule has 0 radical (unpaired) electrons. The van der Waals surface area contributed by atoms with Crippen LogP contribution in [-0.2, 0) is 6.54 Å². The molecule has 0 amide bonds. The number of nitrogens with two attached hydrogens (primary N) is 1. The number of hydrogen-bond acceptors (Lipinski definition) is 4. The van der Waals surface area contributed by atoms with Gasteiger partial charge in [-0.1, -0.05) is 6.07 Å². The molecule has 2 N–H and O–H groups in total. The van der Waals surface area contributed by atoms with E-state index >= 15 is 0 Å². The number of hydrogen-bond donors (Lipinski definition) is 1. The highest BCUT2D eigenvalue weighted by molar-refractivity contribution is 5.82. The lowest BCUT2D eigenvalue weighted by atomic mass is 10.2. The Balaban J connectivity index is 2.63. The molecule has 4 nitrogen and oxygen atoms in total. The minimum atomic E-state index is 0.435. The smallest absolute Gasteiger partial charge is 0.162 e. The summed E-state index contributed by atoms with van der Waals surface area (Å²) in [6.45, 7) is 0.435. The number of fused-ring (bicyclic) bond motifs is 1. The molecule has 1 aromatic carbocycles. The van der Waals surface area contributed by atoms with Crippen molar-refractivity contribution in [2.24, 2.45) is 5.73 Å². The van der Waals surface area contributed by atoms with E-state index in [0.29, 0.717) is 18.0 Å². The predicted octanol–water partition coefficient (Wildman–Crippen LogP) is 1.71. The normalized spacial score (nSPS) is 10.4. The number of benzene rings is 1. The van der Waals surface area contributed by atoms with Crippen LogP contribution in [0.25, 0.3) is 10.9 Å². The highest BCUT2D eigenvalue weighted by Crippen LogP contribution is 2.31. The van der Waals surface area contributed by atoms with Gasteiger partial charge < -0.3 is 15.2 Å². The number of methoxy groups -OCH3 is 2. The van der Waals surface area contributed by atoms with Crippen LogP contribution in [0, 0.1) is 0 Å². The molecule has 0 fully saturated rings. The first-order valence-electron chi connectivity index (χ1n) is 5.00. The molecule has 0 aliphatic rings. The van der Waals surface area contributed by atoms with E-state index in [2.05, 4.69) is 4.98 Å². The Hall–Kier alpha value is -1.81. The van der Waals surface area contributed by atoms with Gasteiger partial charge in [0.05, 0.1) is 25.4 Å². The molecule has 0 spiro atoms. The molecule has 0 unspecified atom stereocenters. The average Bonchev–Trinajstić information content (AvgIpc) is 2.36. The van der Waals surface area contributed by atoms with Gasteiger partial charge in [-0.05, 0) is 12.1 Å². The molecular weight excluding hydrogens is 204 g/mol. The second kappa shape index (κ2) is 4.37. The van der Waals surface area contributed by atoms with Gasteiger partial charge in [-0.2, -0.15) is 0 Å². The van der Waals surface area contributed by atoms with Gasteiger partial charge in [0.1, 0.15) is 0 Å². The van der Waals surface area contributed by atoms with E-state index < -0.39 is 0 Å². The number of pyridine rings is 1. The van der Waals surface area contributed by atoms with Crippen LogP contribution in [0.1, 0.15) is 5.69 Å². The Bertz CT molecular complexity index is 512. The van der Waals surface area contributed by atoms with Gasteiger partial charge in [0, 0.05) is 18.0 Å². The lowest BCUT2D eigenvalue weighted by molar-refractivity contribution is 0.356. The molecule has 0 aliphatic carbocycles. The van der Waals surface area contributed by atoms with E-state index in [0.717, 1.165) is 16.6 Å². The van der Waals surface area contributed by atoms with Crippen LogP contribution in [0.15, 0.2) is 24.3 Å². The Morgan fingerprint density at radius 3 is 2.44 bits per heavy atom. The monoisotopic (exact) mass is 218 g/mol. The van der Waals surface area contributed by atoms with Gasteiger partial charge in [-0.15, -0.1) is 0 Å². The van der Waals surface area contributed by atoms with Gasteiger partial charge >= 0.3 is 0 Å². The van der Waals surface area contributed by atoms with Gasteiger partial charge in [0.25, 0.3) is 0 Å². The third-order valence-electron chi connectivity index (χ3n) is 2.46. The molecule has 0 saturated heterocycles.